The second-order valence-electron chi connectivity index (χ2n) is 5.47. The third-order valence-corrected chi connectivity index (χ3v) is 4.24. The van der Waals surface area contributed by atoms with Crippen molar-refractivity contribution in [2.75, 3.05) is 0 Å². The summed E-state index contributed by atoms with van der Waals surface area (Å²) in [6.07, 6.45) is 4.74. The molecule has 0 heteroatoms. The third kappa shape index (κ3) is 1.53. The topological polar surface area (TPSA) is 0 Å². The van der Waals surface area contributed by atoms with E-state index in [-0.39, 0.29) is 0 Å². The number of fused-ring (bicyclic) bond motifs is 6. The summed E-state index contributed by atoms with van der Waals surface area (Å²) in [5.74, 6) is 0. The van der Waals surface area contributed by atoms with E-state index >= 15 is 0 Å². The third-order valence-electron chi connectivity index (χ3n) is 4.24. The average Bonchev–Trinajstić information content (AvgIpc) is 2.47. The second-order valence-corrected chi connectivity index (χ2v) is 5.47. The van der Waals surface area contributed by atoms with E-state index in [0.717, 1.165) is 0 Å². The quantitative estimate of drug-likeness (QED) is 0.468. The normalized spacial score (nSPS) is 14.5. The van der Waals surface area contributed by atoms with Crippen LogP contribution in [0.25, 0.3) is 27.6 Å². The summed E-state index contributed by atoms with van der Waals surface area (Å²) < 4.78 is 0. The minimum absolute atomic E-state index is 1.17. The van der Waals surface area contributed by atoms with Crippen molar-refractivity contribution in [2.45, 2.75) is 19.8 Å². The van der Waals surface area contributed by atoms with Crippen LogP contribution in [-0.2, 0) is 6.42 Å². The predicted octanol–water partition coefficient (Wildman–Crippen LogP) is 5.34. The van der Waals surface area contributed by atoms with Gasteiger partial charge in [-0.15, -0.1) is 0 Å². The van der Waals surface area contributed by atoms with Crippen LogP contribution in [0, 0.1) is 0 Å². The van der Waals surface area contributed by atoms with E-state index in [4.69, 9.17) is 0 Å². The van der Waals surface area contributed by atoms with Crippen LogP contribution in [-0.4, -0.2) is 0 Å². The molecule has 4 rings (SSSR count). The lowest BCUT2D eigenvalue weighted by molar-refractivity contribution is 0.939. The van der Waals surface area contributed by atoms with Crippen LogP contribution in [0.4, 0.5) is 0 Å². The average molecular weight is 244 g/mol. The molecule has 0 saturated heterocycles. The molecular formula is C19H16. The highest BCUT2D eigenvalue weighted by Gasteiger charge is 2.15. The first kappa shape index (κ1) is 10.8. The largest absolute Gasteiger partial charge is 0.0724 e. The maximum Gasteiger partial charge on any atom is -0.00992 e. The van der Waals surface area contributed by atoms with Gasteiger partial charge in [0, 0.05) is 0 Å². The Kier molecular flexibility index (Phi) is 2.25. The van der Waals surface area contributed by atoms with Crippen LogP contribution in [0.5, 0.6) is 0 Å². The van der Waals surface area contributed by atoms with Crippen LogP contribution in [0.2, 0.25) is 0 Å². The molecule has 0 spiro atoms. The summed E-state index contributed by atoms with van der Waals surface area (Å²) in [6.45, 7) is 2.24. The first-order valence-corrected chi connectivity index (χ1v) is 6.94. The zero-order chi connectivity index (χ0) is 12.8. The van der Waals surface area contributed by atoms with Crippen LogP contribution >= 0.6 is 0 Å². The number of hydrogen-bond acceptors (Lipinski definition) is 0. The van der Waals surface area contributed by atoms with Crippen molar-refractivity contribution in [3.8, 4) is 0 Å². The molecule has 0 nitrogen and oxygen atoms in total. The molecule has 0 N–H and O–H groups in total. The molecule has 0 amide bonds. The molecule has 0 atom stereocenters. The van der Waals surface area contributed by atoms with Crippen molar-refractivity contribution in [1.82, 2.24) is 0 Å². The Morgan fingerprint density at radius 2 is 1.26 bits per heavy atom. The Hall–Kier alpha value is -2.08. The van der Waals surface area contributed by atoms with E-state index in [1.165, 1.54) is 51.1 Å². The molecule has 3 aromatic rings. The van der Waals surface area contributed by atoms with Crippen molar-refractivity contribution >= 4 is 27.6 Å². The maximum atomic E-state index is 2.38. The Morgan fingerprint density at radius 1 is 0.684 bits per heavy atom. The Bertz CT molecular complexity index is 822. The molecule has 0 aromatic heterocycles. The molecule has 19 heavy (non-hydrogen) atoms. The Balaban J connectivity index is 2.30. The van der Waals surface area contributed by atoms with E-state index in [1.54, 1.807) is 0 Å². The van der Waals surface area contributed by atoms with Gasteiger partial charge in [0.1, 0.15) is 0 Å². The molecule has 0 bridgehead atoms. The smallest absolute Gasteiger partial charge is 0.00992 e. The van der Waals surface area contributed by atoms with E-state index in [2.05, 4.69) is 61.5 Å². The van der Waals surface area contributed by atoms with Gasteiger partial charge in [0.2, 0.25) is 0 Å². The van der Waals surface area contributed by atoms with Crippen LogP contribution < -0.4 is 0 Å². The highest BCUT2D eigenvalue weighted by molar-refractivity contribution is 6.13. The molecule has 0 radical (unpaired) electrons. The van der Waals surface area contributed by atoms with Gasteiger partial charge in [0.25, 0.3) is 0 Å². The van der Waals surface area contributed by atoms with E-state index < -0.39 is 0 Å². The van der Waals surface area contributed by atoms with Gasteiger partial charge in [-0.1, -0.05) is 60.2 Å². The molecule has 1 aliphatic carbocycles. The fourth-order valence-corrected chi connectivity index (χ4v) is 3.32. The molecule has 0 fully saturated rings. The highest BCUT2D eigenvalue weighted by Crippen LogP contribution is 2.37. The molecule has 0 unspecified atom stereocenters. The molecule has 0 aliphatic heterocycles. The van der Waals surface area contributed by atoms with Crippen LogP contribution in [0.3, 0.4) is 0 Å². The second kappa shape index (κ2) is 3.96. The van der Waals surface area contributed by atoms with E-state index in [9.17, 15) is 0 Å². The predicted molar refractivity (Wildman–Crippen MR) is 83.4 cm³/mol. The minimum atomic E-state index is 1.17. The molecule has 1 aliphatic rings. The van der Waals surface area contributed by atoms with Crippen LogP contribution in [0.15, 0.2) is 54.1 Å². The van der Waals surface area contributed by atoms with Gasteiger partial charge >= 0.3 is 0 Å². The lowest BCUT2D eigenvalue weighted by Gasteiger charge is -2.19. The first-order valence-electron chi connectivity index (χ1n) is 6.94. The summed E-state index contributed by atoms with van der Waals surface area (Å²) >= 11 is 0. The van der Waals surface area contributed by atoms with Crippen molar-refractivity contribution in [2.24, 2.45) is 0 Å². The fraction of sp³-hybridized carbons (Fsp3) is 0.158. The Labute approximate surface area is 113 Å². The summed E-state index contributed by atoms with van der Waals surface area (Å²) in [7, 11) is 0. The zero-order valence-electron chi connectivity index (χ0n) is 11.1. The van der Waals surface area contributed by atoms with Crippen molar-refractivity contribution in [3.05, 3.63) is 65.2 Å². The maximum absolute atomic E-state index is 2.38. The van der Waals surface area contributed by atoms with Crippen molar-refractivity contribution in [1.29, 1.82) is 0 Å². The summed E-state index contributed by atoms with van der Waals surface area (Å²) in [5.41, 5.74) is 4.46. The van der Waals surface area contributed by atoms with Gasteiger partial charge in [0.05, 0.1) is 0 Å². The van der Waals surface area contributed by atoms with Crippen molar-refractivity contribution in [3.63, 3.8) is 0 Å². The molecule has 92 valence electrons. The lowest BCUT2D eigenvalue weighted by Crippen LogP contribution is -2.00. The number of rotatable bonds is 0. The molecule has 0 heterocycles. The highest BCUT2D eigenvalue weighted by atomic mass is 14.2. The van der Waals surface area contributed by atoms with Gasteiger partial charge in [-0.25, -0.2) is 0 Å². The lowest BCUT2D eigenvalue weighted by atomic mass is 9.85. The van der Waals surface area contributed by atoms with Gasteiger partial charge in [-0.3, -0.25) is 0 Å². The monoisotopic (exact) mass is 244 g/mol. The van der Waals surface area contributed by atoms with Crippen LogP contribution in [0.1, 0.15) is 24.5 Å². The summed E-state index contributed by atoms with van der Waals surface area (Å²) in [4.78, 5) is 0. The number of allylic oxidation sites excluding steroid dienone is 1. The molecule has 3 aromatic carbocycles. The Morgan fingerprint density at radius 3 is 2.00 bits per heavy atom. The molecule has 0 saturated carbocycles. The fourth-order valence-electron chi connectivity index (χ4n) is 3.32. The number of hydrogen-bond donors (Lipinski definition) is 0. The van der Waals surface area contributed by atoms with E-state index in [0.29, 0.717) is 0 Å². The number of aryl methyl sites for hydroxylation is 1. The van der Waals surface area contributed by atoms with Gasteiger partial charge < -0.3 is 0 Å². The van der Waals surface area contributed by atoms with Gasteiger partial charge in [-0.05, 0) is 52.4 Å². The SMILES string of the molecule is CC1=Cc2c(c3ccccc3c3ccccc23)CC1. The summed E-state index contributed by atoms with van der Waals surface area (Å²) in [6, 6.07) is 17.6. The molecular weight excluding hydrogens is 228 g/mol. The van der Waals surface area contributed by atoms with Crippen molar-refractivity contribution < 1.29 is 0 Å². The van der Waals surface area contributed by atoms with Gasteiger partial charge in [0.15, 0.2) is 0 Å². The first-order chi connectivity index (χ1) is 9.34. The van der Waals surface area contributed by atoms with E-state index in [1.807, 2.05) is 0 Å². The minimum Gasteiger partial charge on any atom is -0.0724 e. The van der Waals surface area contributed by atoms with Gasteiger partial charge in [-0.2, -0.15) is 0 Å². The standard InChI is InChI=1S/C19H16/c1-13-10-11-18-16-8-3-2-6-14(16)15-7-4-5-9-17(15)19(18)12-13/h2-9,12H,10-11H2,1H3. The number of benzene rings is 3. The summed E-state index contributed by atoms with van der Waals surface area (Å²) in [5, 5.41) is 5.60. The zero-order valence-corrected chi connectivity index (χ0v) is 11.1.